The van der Waals surface area contributed by atoms with Crippen LogP contribution in [0.5, 0.6) is 0 Å². The second-order valence-corrected chi connectivity index (χ2v) is 10.7. The molecule has 4 rings (SSSR count). The third-order valence-electron chi connectivity index (χ3n) is 6.39. The van der Waals surface area contributed by atoms with E-state index in [-0.39, 0.29) is 17.1 Å². The van der Waals surface area contributed by atoms with Crippen molar-refractivity contribution >= 4 is 5.91 Å². The molecular formula is C26H37FN4O. The van der Waals surface area contributed by atoms with E-state index in [2.05, 4.69) is 32.6 Å². The number of halogens is 1. The molecule has 32 heavy (non-hydrogen) atoms. The van der Waals surface area contributed by atoms with Crippen LogP contribution < -0.4 is 0 Å². The van der Waals surface area contributed by atoms with Crippen LogP contribution in [0.15, 0.2) is 24.3 Å². The third-order valence-corrected chi connectivity index (χ3v) is 6.39. The molecule has 5 nitrogen and oxygen atoms in total. The standard InChI is InChI=1S/C26H37FN4O/c1-5-13-29-14-12-23-20(17-29)22(28-31(23)24-9-7-6-8-21(24)27)18-30(16-19-10-11-19)25(32)15-26(2,3)4/h6-9,19H,5,10-18H2,1-4H3. The van der Waals surface area contributed by atoms with Crippen molar-refractivity contribution in [2.75, 3.05) is 19.6 Å². The van der Waals surface area contributed by atoms with Gasteiger partial charge in [0.05, 0.1) is 17.9 Å². The van der Waals surface area contributed by atoms with Crippen LogP contribution in [0.3, 0.4) is 0 Å². The maximum atomic E-state index is 14.7. The molecule has 1 aromatic heterocycles. The molecule has 0 saturated heterocycles. The van der Waals surface area contributed by atoms with E-state index in [1.54, 1.807) is 16.8 Å². The summed E-state index contributed by atoms with van der Waals surface area (Å²) in [4.78, 5) is 17.7. The van der Waals surface area contributed by atoms with E-state index in [9.17, 15) is 9.18 Å². The number of nitrogens with zero attached hydrogens (tertiary/aromatic N) is 4. The van der Waals surface area contributed by atoms with Crippen LogP contribution in [-0.4, -0.2) is 45.1 Å². The van der Waals surface area contributed by atoms with Gasteiger partial charge in [-0.3, -0.25) is 9.69 Å². The van der Waals surface area contributed by atoms with E-state index < -0.39 is 0 Å². The Morgan fingerprint density at radius 3 is 2.66 bits per heavy atom. The Hall–Kier alpha value is -2.21. The van der Waals surface area contributed by atoms with Crippen molar-refractivity contribution in [3.8, 4) is 5.69 Å². The molecule has 0 bridgehead atoms. The number of carbonyl (C=O) groups is 1. The van der Waals surface area contributed by atoms with Gasteiger partial charge in [-0.2, -0.15) is 5.10 Å². The first-order valence-electron chi connectivity index (χ1n) is 12.1. The predicted octanol–water partition coefficient (Wildman–Crippen LogP) is 4.95. The van der Waals surface area contributed by atoms with Crippen LogP contribution in [0, 0.1) is 17.2 Å². The maximum absolute atomic E-state index is 14.7. The molecule has 6 heteroatoms. The summed E-state index contributed by atoms with van der Waals surface area (Å²) in [7, 11) is 0. The highest BCUT2D eigenvalue weighted by molar-refractivity contribution is 5.77. The Balaban J connectivity index is 1.68. The van der Waals surface area contributed by atoms with Gasteiger partial charge >= 0.3 is 0 Å². The lowest BCUT2D eigenvalue weighted by Gasteiger charge is -2.29. The van der Waals surface area contributed by atoms with Crippen LogP contribution in [0.2, 0.25) is 0 Å². The summed E-state index contributed by atoms with van der Waals surface area (Å²) >= 11 is 0. The molecule has 1 saturated carbocycles. The number of amides is 1. The predicted molar refractivity (Wildman–Crippen MR) is 125 cm³/mol. The van der Waals surface area contributed by atoms with Crippen LogP contribution in [0.4, 0.5) is 4.39 Å². The Kier molecular flexibility index (Phi) is 6.70. The van der Waals surface area contributed by atoms with Gasteiger partial charge < -0.3 is 4.90 Å². The fourth-order valence-corrected chi connectivity index (χ4v) is 4.61. The molecule has 0 N–H and O–H groups in total. The van der Waals surface area contributed by atoms with E-state index in [4.69, 9.17) is 5.10 Å². The van der Waals surface area contributed by atoms with Crippen molar-refractivity contribution in [1.82, 2.24) is 19.6 Å². The van der Waals surface area contributed by atoms with Crippen LogP contribution in [-0.2, 0) is 24.3 Å². The highest BCUT2D eigenvalue weighted by Gasteiger charge is 2.32. The van der Waals surface area contributed by atoms with E-state index in [1.165, 1.54) is 24.5 Å². The third kappa shape index (κ3) is 5.40. The summed E-state index contributed by atoms with van der Waals surface area (Å²) in [6.45, 7) is 12.6. The normalized spacial score (nSPS) is 16.8. The van der Waals surface area contributed by atoms with Gasteiger partial charge in [0.25, 0.3) is 0 Å². The van der Waals surface area contributed by atoms with Gasteiger partial charge in [-0.1, -0.05) is 39.8 Å². The fourth-order valence-electron chi connectivity index (χ4n) is 4.61. The Morgan fingerprint density at radius 1 is 1.25 bits per heavy atom. The van der Waals surface area contributed by atoms with Gasteiger partial charge in [-0.05, 0) is 49.3 Å². The molecule has 0 atom stereocenters. The smallest absolute Gasteiger partial charge is 0.223 e. The molecule has 1 aliphatic carbocycles. The summed E-state index contributed by atoms with van der Waals surface area (Å²) in [6.07, 6.45) is 4.87. The molecule has 0 unspecified atom stereocenters. The van der Waals surface area contributed by atoms with Crippen molar-refractivity contribution in [3.05, 3.63) is 47.0 Å². The molecule has 0 spiro atoms. The molecule has 2 heterocycles. The molecule has 1 amide bonds. The number of hydrogen-bond acceptors (Lipinski definition) is 3. The molecule has 2 aliphatic rings. The van der Waals surface area contributed by atoms with Crippen molar-refractivity contribution in [2.24, 2.45) is 11.3 Å². The van der Waals surface area contributed by atoms with Gasteiger partial charge in [-0.15, -0.1) is 0 Å². The Morgan fingerprint density at radius 2 is 2.00 bits per heavy atom. The fraction of sp³-hybridized carbons (Fsp3) is 0.615. The molecular weight excluding hydrogens is 403 g/mol. The summed E-state index contributed by atoms with van der Waals surface area (Å²) in [5.41, 5.74) is 3.63. The second-order valence-electron chi connectivity index (χ2n) is 10.7. The summed E-state index contributed by atoms with van der Waals surface area (Å²) in [5, 5.41) is 4.92. The minimum Gasteiger partial charge on any atom is -0.336 e. The lowest BCUT2D eigenvalue weighted by atomic mass is 9.91. The number of rotatable bonds is 8. The number of para-hydroxylation sites is 1. The van der Waals surface area contributed by atoms with Crippen molar-refractivity contribution in [1.29, 1.82) is 0 Å². The number of benzene rings is 1. The minimum atomic E-state index is -0.265. The van der Waals surface area contributed by atoms with Gasteiger partial charge in [0, 0.05) is 38.0 Å². The number of hydrogen-bond donors (Lipinski definition) is 0. The zero-order valence-electron chi connectivity index (χ0n) is 20.0. The largest absolute Gasteiger partial charge is 0.336 e. The highest BCUT2D eigenvalue weighted by atomic mass is 19.1. The van der Waals surface area contributed by atoms with E-state index in [0.717, 1.165) is 50.4 Å². The van der Waals surface area contributed by atoms with E-state index in [0.29, 0.717) is 24.6 Å². The Labute approximate surface area is 191 Å². The van der Waals surface area contributed by atoms with Gasteiger partial charge in [-0.25, -0.2) is 9.07 Å². The molecule has 1 fully saturated rings. The molecule has 1 aromatic carbocycles. The minimum absolute atomic E-state index is 0.0528. The summed E-state index contributed by atoms with van der Waals surface area (Å²) in [5.74, 6) is 0.541. The summed E-state index contributed by atoms with van der Waals surface area (Å²) in [6, 6.07) is 6.84. The lowest BCUT2D eigenvalue weighted by Crippen LogP contribution is -2.36. The zero-order chi connectivity index (χ0) is 22.9. The van der Waals surface area contributed by atoms with Crippen molar-refractivity contribution in [3.63, 3.8) is 0 Å². The monoisotopic (exact) mass is 440 g/mol. The second kappa shape index (κ2) is 9.34. The van der Waals surface area contributed by atoms with Crippen molar-refractivity contribution in [2.45, 2.75) is 72.9 Å². The SMILES string of the molecule is CCCN1CCc2c(c(CN(CC3CC3)C(=O)CC(C)(C)C)nn2-c2ccccc2F)C1. The number of aromatic nitrogens is 2. The average molecular weight is 441 g/mol. The first kappa shape index (κ1) is 23.0. The van der Waals surface area contributed by atoms with E-state index >= 15 is 0 Å². The van der Waals surface area contributed by atoms with Crippen molar-refractivity contribution < 1.29 is 9.18 Å². The molecule has 2 aromatic rings. The Bertz CT molecular complexity index is 957. The van der Waals surface area contributed by atoms with Gasteiger partial charge in [0.2, 0.25) is 5.91 Å². The molecule has 174 valence electrons. The topological polar surface area (TPSA) is 41.4 Å². The van der Waals surface area contributed by atoms with Crippen LogP contribution in [0.25, 0.3) is 5.69 Å². The first-order chi connectivity index (χ1) is 15.2. The van der Waals surface area contributed by atoms with Crippen LogP contribution >= 0.6 is 0 Å². The first-order valence-corrected chi connectivity index (χ1v) is 12.1. The van der Waals surface area contributed by atoms with Gasteiger partial charge in [0.1, 0.15) is 11.5 Å². The van der Waals surface area contributed by atoms with Crippen LogP contribution in [0.1, 0.15) is 70.3 Å². The average Bonchev–Trinajstić information content (AvgIpc) is 3.48. The maximum Gasteiger partial charge on any atom is 0.223 e. The molecule has 1 aliphatic heterocycles. The van der Waals surface area contributed by atoms with E-state index in [1.807, 2.05) is 11.0 Å². The zero-order valence-corrected chi connectivity index (χ0v) is 20.0. The number of fused-ring (bicyclic) bond motifs is 1. The molecule has 0 radical (unpaired) electrons. The summed E-state index contributed by atoms with van der Waals surface area (Å²) < 4.78 is 16.5. The lowest BCUT2D eigenvalue weighted by molar-refractivity contribution is -0.134. The quantitative estimate of drug-likeness (QED) is 0.583. The highest BCUT2D eigenvalue weighted by Crippen LogP contribution is 2.33. The van der Waals surface area contributed by atoms with Gasteiger partial charge in [0.15, 0.2) is 0 Å². The number of carbonyl (C=O) groups excluding carboxylic acids is 1.